The fourth-order valence-corrected chi connectivity index (χ4v) is 3.36. The van der Waals surface area contributed by atoms with Gasteiger partial charge in [0.15, 0.2) is 0 Å². The molecule has 1 aliphatic heterocycles. The highest BCUT2D eigenvalue weighted by Gasteiger charge is 2.31. The van der Waals surface area contributed by atoms with Crippen molar-refractivity contribution in [1.29, 1.82) is 0 Å². The summed E-state index contributed by atoms with van der Waals surface area (Å²) in [5.41, 5.74) is 1.36. The molecule has 0 aromatic heterocycles. The van der Waals surface area contributed by atoms with E-state index in [4.69, 9.17) is 0 Å². The van der Waals surface area contributed by atoms with Gasteiger partial charge < -0.3 is 10.0 Å². The zero-order chi connectivity index (χ0) is 15.3. The van der Waals surface area contributed by atoms with Crippen LogP contribution in [0.4, 0.5) is 4.39 Å². The summed E-state index contributed by atoms with van der Waals surface area (Å²) < 4.78 is 12.9. The van der Waals surface area contributed by atoms with Crippen LogP contribution in [0.5, 0.6) is 0 Å². The third-order valence-corrected chi connectivity index (χ3v) is 5.39. The van der Waals surface area contributed by atoms with Gasteiger partial charge in [-0.05, 0) is 55.5 Å². The minimum absolute atomic E-state index is 0.252. The van der Waals surface area contributed by atoms with Crippen molar-refractivity contribution in [3.05, 3.63) is 35.6 Å². The van der Waals surface area contributed by atoms with E-state index in [0.29, 0.717) is 5.41 Å². The summed E-state index contributed by atoms with van der Waals surface area (Å²) in [6, 6.07) is 6.18. The first-order valence-corrected chi connectivity index (χ1v) is 8.24. The summed E-state index contributed by atoms with van der Waals surface area (Å²) in [5, 5.41) is 10.2. The Balaban J connectivity index is 1.78. The topological polar surface area (TPSA) is 23.5 Å². The van der Waals surface area contributed by atoms with E-state index >= 15 is 0 Å². The summed E-state index contributed by atoms with van der Waals surface area (Å²) in [6.07, 6.45) is 5.32. The molecular weight excluding hydrogens is 265 g/mol. The van der Waals surface area contributed by atoms with Crippen LogP contribution in [0.2, 0.25) is 0 Å². The van der Waals surface area contributed by atoms with Crippen LogP contribution in [0.3, 0.4) is 0 Å². The zero-order valence-electron chi connectivity index (χ0n) is 13.3. The lowest BCUT2D eigenvalue weighted by molar-refractivity contribution is 0.0781. The summed E-state index contributed by atoms with van der Waals surface area (Å²) in [7, 11) is 0. The smallest absolute Gasteiger partial charge is 0.123 e. The molecule has 1 aromatic carbocycles. The third-order valence-electron chi connectivity index (χ3n) is 5.39. The van der Waals surface area contributed by atoms with Crippen LogP contribution in [-0.2, 0) is 0 Å². The van der Waals surface area contributed by atoms with Gasteiger partial charge in [-0.25, -0.2) is 4.39 Å². The molecule has 1 saturated heterocycles. The fraction of sp³-hybridized carbons (Fsp3) is 0.667. The van der Waals surface area contributed by atoms with Crippen LogP contribution in [-0.4, -0.2) is 29.6 Å². The Hall–Kier alpha value is -0.930. The number of halogens is 1. The second kappa shape index (κ2) is 7.37. The number of nitrogens with zero attached hydrogens (tertiary/aromatic N) is 1. The maximum Gasteiger partial charge on any atom is 0.123 e. The second-order valence-corrected chi connectivity index (χ2v) is 6.40. The molecule has 118 valence electrons. The van der Waals surface area contributed by atoms with Gasteiger partial charge in [0.2, 0.25) is 0 Å². The van der Waals surface area contributed by atoms with Gasteiger partial charge in [0.05, 0.1) is 6.10 Å². The molecule has 0 spiro atoms. The standard InChI is InChI=1S/C18H28FNO/c1-3-18(4-2)10-13-20(14-11-18)12-9-17(21)15-5-7-16(19)8-6-15/h5-8,17,21H,3-4,9-14H2,1-2H3. The Morgan fingerprint density at radius 1 is 1.14 bits per heavy atom. The molecule has 0 bridgehead atoms. The van der Waals surface area contributed by atoms with Gasteiger partial charge in [-0.3, -0.25) is 0 Å². The van der Waals surface area contributed by atoms with E-state index in [1.165, 1.54) is 37.8 Å². The van der Waals surface area contributed by atoms with Gasteiger partial charge in [0.25, 0.3) is 0 Å². The maximum atomic E-state index is 12.9. The Morgan fingerprint density at radius 3 is 2.24 bits per heavy atom. The van der Waals surface area contributed by atoms with Crippen molar-refractivity contribution in [2.45, 2.75) is 52.1 Å². The summed E-state index contributed by atoms with van der Waals surface area (Å²) >= 11 is 0. The van der Waals surface area contributed by atoms with Crippen molar-refractivity contribution in [3.63, 3.8) is 0 Å². The molecule has 0 amide bonds. The van der Waals surface area contributed by atoms with Crippen molar-refractivity contribution in [2.75, 3.05) is 19.6 Å². The predicted molar refractivity (Wildman–Crippen MR) is 84.7 cm³/mol. The van der Waals surface area contributed by atoms with Crippen LogP contribution in [0.1, 0.15) is 57.6 Å². The SMILES string of the molecule is CCC1(CC)CCN(CCC(O)c2ccc(F)cc2)CC1. The second-order valence-electron chi connectivity index (χ2n) is 6.40. The first-order chi connectivity index (χ1) is 10.1. The van der Waals surface area contributed by atoms with Gasteiger partial charge in [0.1, 0.15) is 5.82 Å². The first-order valence-electron chi connectivity index (χ1n) is 8.24. The van der Waals surface area contributed by atoms with Crippen molar-refractivity contribution < 1.29 is 9.50 Å². The Labute approximate surface area is 128 Å². The van der Waals surface area contributed by atoms with E-state index in [1.807, 2.05) is 0 Å². The van der Waals surface area contributed by atoms with Crippen LogP contribution in [0.25, 0.3) is 0 Å². The molecule has 1 aliphatic rings. The maximum absolute atomic E-state index is 12.9. The minimum Gasteiger partial charge on any atom is -0.388 e. The van der Waals surface area contributed by atoms with E-state index in [0.717, 1.165) is 31.6 Å². The van der Waals surface area contributed by atoms with E-state index in [9.17, 15) is 9.50 Å². The molecule has 1 unspecified atom stereocenters. The quantitative estimate of drug-likeness (QED) is 0.851. The molecule has 0 radical (unpaired) electrons. The summed E-state index contributed by atoms with van der Waals surface area (Å²) in [5.74, 6) is -0.252. The van der Waals surface area contributed by atoms with E-state index in [2.05, 4.69) is 18.7 Å². The molecule has 1 atom stereocenters. The average molecular weight is 293 g/mol. The number of likely N-dealkylation sites (tertiary alicyclic amines) is 1. The molecule has 21 heavy (non-hydrogen) atoms. The average Bonchev–Trinajstić information content (AvgIpc) is 2.54. The lowest BCUT2D eigenvalue weighted by atomic mass is 9.74. The molecule has 3 heteroatoms. The molecule has 1 N–H and O–H groups in total. The van der Waals surface area contributed by atoms with Crippen LogP contribution in [0, 0.1) is 11.2 Å². The minimum atomic E-state index is -0.491. The van der Waals surface area contributed by atoms with Crippen molar-refractivity contribution in [3.8, 4) is 0 Å². The largest absolute Gasteiger partial charge is 0.388 e. The molecule has 1 fully saturated rings. The Bertz CT molecular complexity index is 417. The van der Waals surface area contributed by atoms with E-state index in [-0.39, 0.29) is 5.82 Å². The molecule has 2 rings (SSSR count). The Morgan fingerprint density at radius 2 is 1.71 bits per heavy atom. The molecule has 1 aromatic rings. The Kier molecular flexibility index (Phi) is 5.77. The fourth-order valence-electron chi connectivity index (χ4n) is 3.36. The van der Waals surface area contributed by atoms with Gasteiger partial charge in [-0.2, -0.15) is 0 Å². The number of aliphatic hydroxyl groups excluding tert-OH is 1. The van der Waals surface area contributed by atoms with Crippen molar-refractivity contribution in [1.82, 2.24) is 4.90 Å². The van der Waals surface area contributed by atoms with Gasteiger partial charge in [-0.15, -0.1) is 0 Å². The molecule has 2 nitrogen and oxygen atoms in total. The molecule has 0 saturated carbocycles. The summed E-state index contributed by atoms with van der Waals surface area (Å²) in [6.45, 7) is 7.80. The van der Waals surface area contributed by atoms with E-state index in [1.54, 1.807) is 12.1 Å². The zero-order valence-corrected chi connectivity index (χ0v) is 13.3. The molecular formula is C18H28FNO. The highest BCUT2D eigenvalue weighted by atomic mass is 19.1. The normalized spacial score (nSPS) is 20.4. The van der Waals surface area contributed by atoms with Crippen LogP contribution < -0.4 is 0 Å². The predicted octanol–water partition coefficient (Wildman–Crippen LogP) is 4.15. The highest BCUT2D eigenvalue weighted by Crippen LogP contribution is 2.38. The number of hydrogen-bond donors (Lipinski definition) is 1. The van der Waals surface area contributed by atoms with Crippen molar-refractivity contribution in [2.24, 2.45) is 5.41 Å². The molecule has 0 aliphatic carbocycles. The highest BCUT2D eigenvalue weighted by molar-refractivity contribution is 5.18. The summed E-state index contributed by atoms with van der Waals surface area (Å²) in [4.78, 5) is 2.45. The molecule has 1 heterocycles. The lowest BCUT2D eigenvalue weighted by Gasteiger charge is -2.41. The van der Waals surface area contributed by atoms with Gasteiger partial charge >= 0.3 is 0 Å². The van der Waals surface area contributed by atoms with Gasteiger partial charge in [0, 0.05) is 6.54 Å². The number of aliphatic hydroxyl groups is 1. The number of benzene rings is 1. The number of rotatable bonds is 6. The monoisotopic (exact) mass is 293 g/mol. The number of hydrogen-bond acceptors (Lipinski definition) is 2. The van der Waals surface area contributed by atoms with Crippen LogP contribution >= 0.6 is 0 Å². The number of piperidine rings is 1. The van der Waals surface area contributed by atoms with Gasteiger partial charge in [-0.1, -0.05) is 38.8 Å². The lowest BCUT2D eigenvalue weighted by Crippen LogP contribution is -2.40. The first kappa shape index (κ1) is 16.4. The third kappa shape index (κ3) is 4.27. The van der Waals surface area contributed by atoms with Crippen LogP contribution in [0.15, 0.2) is 24.3 Å². The van der Waals surface area contributed by atoms with E-state index < -0.39 is 6.10 Å². The van der Waals surface area contributed by atoms with Crippen molar-refractivity contribution >= 4 is 0 Å².